The van der Waals surface area contributed by atoms with Gasteiger partial charge in [0.25, 0.3) is 11.8 Å². The molecule has 1 heterocycles. The van der Waals surface area contributed by atoms with E-state index in [-0.39, 0.29) is 22.9 Å². The quantitative estimate of drug-likeness (QED) is 0.574. The number of hydrogen-bond donors (Lipinski definition) is 0. The van der Waals surface area contributed by atoms with Gasteiger partial charge < -0.3 is 14.5 Å². The summed E-state index contributed by atoms with van der Waals surface area (Å²) in [5.74, 6) is -1.33. The van der Waals surface area contributed by atoms with Gasteiger partial charge in [0.1, 0.15) is 0 Å². The zero-order chi connectivity index (χ0) is 22.7. The number of rotatable bonds is 5. The fourth-order valence-corrected chi connectivity index (χ4v) is 3.86. The molecule has 0 saturated carbocycles. The summed E-state index contributed by atoms with van der Waals surface area (Å²) in [7, 11) is 1.65. The Kier molecular flexibility index (Phi) is 6.03. The van der Waals surface area contributed by atoms with E-state index in [2.05, 4.69) is 0 Å². The van der Waals surface area contributed by atoms with Crippen LogP contribution in [0.3, 0.4) is 0 Å². The van der Waals surface area contributed by atoms with Crippen LogP contribution in [-0.4, -0.2) is 37.5 Å². The minimum Gasteiger partial charge on any atom is -0.449 e. The second-order valence-electron chi connectivity index (χ2n) is 7.66. The maximum atomic E-state index is 13.1. The lowest BCUT2D eigenvalue weighted by molar-refractivity contribution is -0.126. The molecule has 0 radical (unpaired) electrons. The second-order valence-corrected chi connectivity index (χ2v) is 7.66. The number of carbonyl (C=O) groups is 3. The van der Waals surface area contributed by atoms with Gasteiger partial charge in [0.05, 0.1) is 11.1 Å². The van der Waals surface area contributed by atoms with Crippen LogP contribution in [0.15, 0.2) is 78.9 Å². The van der Waals surface area contributed by atoms with Crippen LogP contribution in [0.1, 0.15) is 33.2 Å². The van der Waals surface area contributed by atoms with Crippen LogP contribution in [0.2, 0.25) is 0 Å². The predicted octanol–water partition coefficient (Wildman–Crippen LogP) is 4.10. The highest BCUT2D eigenvalue weighted by Crippen LogP contribution is 2.28. The highest BCUT2D eigenvalue weighted by molar-refractivity contribution is 6.12. The molecule has 0 aliphatic carbocycles. The number of para-hydroxylation sites is 2. The Hall–Kier alpha value is -3.93. The number of nitrogens with zero attached hydrogens (tertiary/aromatic N) is 2. The summed E-state index contributed by atoms with van der Waals surface area (Å²) in [5, 5.41) is 0. The first kappa shape index (κ1) is 21.3. The average Bonchev–Trinajstić information content (AvgIpc) is 3.27. The molecule has 0 unspecified atom stereocenters. The standard InChI is InChI=1S/C26H24N2O4/c1-18(24(29)28-17-16-19-10-6-9-15-23(19)28)32-26(31)22-14-8-7-13-21(22)25(30)27(2)20-11-4-3-5-12-20/h3-15,18H,16-17H2,1-2H3/t18-/m0/s1. The summed E-state index contributed by atoms with van der Waals surface area (Å²) >= 11 is 0. The SMILES string of the molecule is C[C@H](OC(=O)c1ccccc1C(=O)N(C)c1ccccc1)C(=O)N1CCc2ccccc21. The zero-order valence-corrected chi connectivity index (χ0v) is 18.0. The number of hydrogen-bond acceptors (Lipinski definition) is 4. The summed E-state index contributed by atoms with van der Waals surface area (Å²) in [4.78, 5) is 42.1. The number of benzene rings is 3. The molecular weight excluding hydrogens is 404 g/mol. The first-order chi connectivity index (χ1) is 15.5. The van der Waals surface area contributed by atoms with Crippen LogP contribution in [0.5, 0.6) is 0 Å². The van der Waals surface area contributed by atoms with Crippen molar-refractivity contribution in [2.75, 3.05) is 23.4 Å². The normalized spacial score (nSPS) is 13.2. The number of amides is 2. The number of esters is 1. The number of carbonyl (C=O) groups excluding carboxylic acids is 3. The first-order valence-corrected chi connectivity index (χ1v) is 10.5. The molecular formula is C26H24N2O4. The van der Waals surface area contributed by atoms with Crippen LogP contribution < -0.4 is 9.80 Å². The number of ether oxygens (including phenoxy) is 1. The minimum absolute atomic E-state index is 0.127. The van der Waals surface area contributed by atoms with Crippen molar-refractivity contribution >= 4 is 29.2 Å². The predicted molar refractivity (Wildman–Crippen MR) is 123 cm³/mol. The summed E-state index contributed by atoms with van der Waals surface area (Å²) in [6.07, 6.45) is -0.213. The fourth-order valence-electron chi connectivity index (χ4n) is 3.86. The summed E-state index contributed by atoms with van der Waals surface area (Å²) in [5.41, 5.74) is 2.99. The van der Waals surface area contributed by atoms with E-state index in [9.17, 15) is 14.4 Å². The highest BCUT2D eigenvalue weighted by Gasteiger charge is 2.31. The van der Waals surface area contributed by atoms with Gasteiger partial charge in [-0.05, 0) is 49.2 Å². The van der Waals surface area contributed by atoms with E-state index in [1.54, 1.807) is 37.1 Å². The van der Waals surface area contributed by atoms with E-state index in [1.165, 1.54) is 11.0 Å². The van der Waals surface area contributed by atoms with Crippen molar-refractivity contribution in [2.45, 2.75) is 19.4 Å². The van der Waals surface area contributed by atoms with E-state index in [4.69, 9.17) is 4.74 Å². The third-order valence-electron chi connectivity index (χ3n) is 5.61. The van der Waals surface area contributed by atoms with Gasteiger partial charge >= 0.3 is 5.97 Å². The second kappa shape index (κ2) is 9.06. The van der Waals surface area contributed by atoms with Crippen LogP contribution >= 0.6 is 0 Å². The molecule has 4 rings (SSSR count). The molecule has 32 heavy (non-hydrogen) atoms. The molecule has 0 aromatic heterocycles. The van der Waals surface area contributed by atoms with Crippen molar-refractivity contribution < 1.29 is 19.1 Å². The molecule has 1 aliphatic rings. The lowest BCUT2D eigenvalue weighted by Gasteiger charge is -2.22. The Morgan fingerprint density at radius 2 is 1.50 bits per heavy atom. The van der Waals surface area contributed by atoms with Gasteiger partial charge in [-0.2, -0.15) is 0 Å². The van der Waals surface area contributed by atoms with Crippen molar-refractivity contribution in [3.63, 3.8) is 0 Å². The third-order valence-corrected chi connectivity index (χ3v) is 5.61. The number of fused-ring (bicyclic) bond motifs is 1. The van der Waals surface area contributed by atoms with Crippen LogP contribution in [0, 0.1) is 0 Å². The van der Waals surface area contributed by atoms with Crippen LogP contribution in [-0.2, 0) is 16.0 Å². The van der Waals surface area contributed by atoms with Crippen molar-refractivity contribution in [2.24, 2.45) is 0 Å². The Labute approximate surface area is 187 Å². The van der Waals surface area contributed by atoms with Crippen LogP contribution in [0.4, 0.5) is 11.4 Å². The maximum absolute atomic E-state index is 13.1. The van der Waals surface area contributed by atoms with Crippen LogP contribution in [0.25, 0.3) is 0 Å². The van der Waals surface area contributed by atoms with Gasteiger partial charge in [-0.25, -0.2) is 4.79 Å². The Morgan fingerprint density at radius 1 is 0.875 bits per heavy atom. The van der Waals surface area contributed by atoms with Gasteiger partial charge in [0.15, 0.2) is 6.10 Å². The minimum atomic E-state index is -0.983. The van der Waals surface area contributed by atoms with E-state index in [1.807, 2.05) is 54.6 Å². The molecule has 0 saturated heterocycles. The highest BCUT2D eigenvalue weighted by atomic mass is 16.5. The van der Waals surface area contributed by atoms with Crippen molar-refractivity contribution in [1.82, 2.24) is 0 Å². The van der Waals surface area contributed by atoms with E-state index >= 15 is 0 Å². The van der Waals surface area contributed by atoms with E-state index in [0.717, 1.165) is 17.7 Å². The smallest absolute Gasteiger partial charge is 0.339 e. The topological polar surface area (TPSA) is 66.9 Å². The van der Waals surface area contributed by atoms with Crippen molar-refractivity contribution in [3.8, 4) is 0 Å². The molecule has 162 valence electrons. The molecule has 3 aromatic carbocycles. The van der Waals surface area contributed by atoms with Gasteiger partial charge in [0.2, 0.25) is 0 Å². The Morgan fingerprint density at radius 3 is 2.25 bits per heavy atom. The molecule has 6 heteroatoms. The third kappa shape index (κ3) is 4.12. The van der Waals surface area contributed by atoms with Crippen molar-refractivity contribution in [1.29, 1.82) is 0 Å². The lowest BCUT2D eigenvalue weighted by atomic mass is 10.1. The fraction of sp³-hybridized carbons (Fsp3) is 0.192. The summed E-state index contributed by atoms with van der Waals surface area (Å²) in [6, 6.07) is 23.3. The molecule has 0 spiro atoms. The van der Waals surface area contributed by atoms with Crippen molar-refractivity contribution in [3.05, 3.63) is 95.6 Å². The first-order valence-electron chi connectivity index (χ1n) is 10.5. The number of anilines is 2. The molecule has 0 bridgehead atoms. The van der Waals surface area contributed by atoms with Gasteiger partial charge in [0, 0.05) is 25.0 Å². The van der Waals surface area contributed by atoms with Gasteiger partial charge in [-0.15, -0.1) is 0 Å². The largest absolute Gasteiger partial charge is 0.449 e. The Balaban J connectivity index is 1.51. The summed E-state index contributed by atoms with van der Waals surface area (Å²) < 4.78 is 5.50. The molecule has 0 fully saturated rings. The molecule has 1 aliphatic heterocycles. The molecule has 0 N–H and O–H groups in total. The van der Waals surface area contributed by atoms with E-state index < -0.39 is 12.1 Å². The maximum Gasteiger partial charge on any atom is 0.339 e. The molecule has 6 nitrogen and oxygen atoms in total. The Bertz CT molecular complexity index is 1160. The monoisotopic (exact) mass is 428 g/mol. The van der Waals surface area contributed by atoms with Gasteiger partial charge in [-0.1, -0.05) is 48.5 Å². The molecule has 2 amide bonds. The van der Waals surface area contributed by atoms with E-state index in [0.29, 0.717) is 12.2 Å². The molecule has 1 atom stereocenters. The molecule has 3 aromatic rings. The van der Waals surface area contributed by atoms with Gasteiger partial charge in [-0.3, -0.25) is 9.59 Å². The zero-order valence-electron chi connectivity index (χ0n) is 18.0. The summed E-state index contributed by atoms with van der Waals surface area (Å²) in [6.45, 7) is 2.11. The lowest BCUT2D eigenvalue weighted by Crippen LogP contribution is -2.39. The average molecular weight is 428 g/mol.